The first-order chi connectivity index (χ1) is 12.2. The molecule has 1 unspecified atom stereocenters. The Labute approximate surface area is 152 Å². The number of hydrogen-bond acceptors (Lipinski definition) is 2. The second kappa shape index (κ2) is 6.68. The lowest BCUT2D eigenvalue weighted by Crippen LogP contribution is -2.40. The molecule has 0 saturated heterocycles. The molecule has 7 heteroatoms. The molecule has 0 radical (unpaired) electrons. The number of hydrogen-bond donors (Lipinski definition) is 1. The Morgan fingerprint density at radius 2 is 1.92 bits per heavy atom. The van der Waals surface area contributed by atoms with Gasteiger partial charge in [0.15, 0.2) is 0 Å². The van der Waals surface area contributed by atoms with Crippen LogP contribution in [0.15, 0.2) is 42.0 Å². The second-order valence-electron chi connectivity index (χ2n) is 5.99. The number of carboxylic acid groups (broad SMARTS) is 1. The lowest BCUT2D eigenvalue weighted by Gasteiger charge is -2.29. The van der Waals surface area contributed by atoms with E-state index in [1.165, 1.54) is 6.07 Å². The largest absolute Gasteiger partial charge is 0.478 e. The van der Waals surface area contributed by atoms with Crippen LogP contribution < -0.4 is 4.74 Å². The van der Waals surface area contributed by atoms with Crippen LogP contribution in [0.2, 0.25) is 5.02 Å². The van der Waals surface area contributed by atoms with E-state index in [0.717, 1.165) is 11.6 Å². The van der Waals surface area contributed by atoms with Crippen molar-refractivity contribution >= 4 is 23.6 Å². The molecule has 0 saturated carbocycles. The summed E-state index contributed by atoms with van der Waals surface area (Å²) in [6.07, 6.45) is -5.95. The molecule has 136 valence electrons. The molecule has 2 aromatic rings. The highest BCUT2D eigenvalue weighted by Gasteiger charge is 2.48. The van der Waals surface area contributed by atoms with E-state index in [1.54, 1.807) is 6.92 Å². The molecule has 0 spiro atoms. The van der Waals surface area contributed by atoms with Gasteiger partial charge in [-0.2, -0.15) is 13.2 Å². The van der Waals surface area contributed by atoms with Crippen molar-refractivity contribution in [2.45, 2.75) is 25.6 Å². The van der Waals surface area contributed by atoms with Crippen LogP contribution in [0.1, 0.15) is 22.3 Å². The molecular formula is C19H14ClF3O3. The summed E-state index contributed by atoms with van der Waals surface area (Å²) in [5, 5.41) is 9.45. The average Bonchev–Trinajstić information content (AvgIpc) is 2.57. The SMILES string of the molecule is Cc1c(Cc2ccccc2)c(Cl)cc2c1OC(C(F)(F)F)C(C(=O)O)=C2. The summed E-state index contributed by atoms with van der Waals surface area (Å²) < 4.78 is 44.8. The Bertz CT molecular complexity index is 889. The molecule has 2 aromatic carbocycles. The number of benzene rings is 2. The topological polar surface area (TPSA) is 46.5 Å². The summed E-state index contributed by atoms with van der Waals surface area (Å²) in [5.41, 5.74) is 1.41. The Morgan fingerprint density at radius 1 is 1.27 bits per heavy atom. The Hall–Kier alpha value is -2.47. The number of carboxylic acids is 1. The van der Waals surface area contributed by atoms with E-state index < -0.39 is 23.8 Å². The maximum absolute atomic E-state index is 13.2. The fourth-order valence-electron chi connectivity index (χ4n) is 2.94. The van der Waals surface area contributed by atoms with Crippen LogP contribution in [0, 0.1) is 6.92 Å². The lowest BCUT2D eigenvalue weighted by atomic mass is 9.93. The van der Waals surface area contributed by atoms with Crippen molar-refractivity contribution < 1.29 is 27.8 Å². The molecule has 1 aliphatic heterocycles. The molecule has 0 bridgehead atoms. The summed E-state index contributed by atoms with van der Waals surface area (Å²) in [6, 6.07) is 10.8. The molecule has 0 amide bonds. The van der Waals surface area contributed by atoms with Crippen molar-refractivity contribution in [1.82, 2.24) is 0 Å². The standard InChI is InChI=1S/C19H14ClF3O3/c1-10-13(7-11-5-3-2-4-6-11)15(20)9-12-8-14(18(24)25)17(19(21,22)23)26-16(10)12/h2-6,8-9,17H,7H2,1H3,(H,24,25). The number of fused-ring (bicyclic) bond motifs is 1. The van der Waals surface area contributed by atoms with E-state index >= 15 is 0 Å². The van der Waals surface area contributed by atoms with Crippen LogP contribution >= 0.6 is 11.6 Å². The zero-order valence-electron chi connectivity index (χ0n) is 13.6. The van der Waals surface area contributed by atoms with Gasteiger partial charge in [-0.15, -0.1) is 0 Å². The molecule has 1 atom stereocenters. The summed E-state index contributed by atoms with van der Waals surface area (Å²) in [6.45, 7) is 1.62. The van der Waals surface area contributed by atoms with E-state index in [1.807, 2.05) is 30.3 Å². The fraction of sp³-hybridized carbons (Fsp3) is 0.211. The predicted octanol–water partition coefficient (Wildman–Crippen LogP) is 5.03. The molecule has 3 nitrogen and oxygen atoms in total. The molecule has 1 N–H and O–H groups in total. The van der Waals surface area contributed by atoms with Gasteiger partial charge < -0.3 is 9.84 Å². The van der Waals surface area contributed by atoms with E-state index in [9.17, 15) is 18.0 Å². The third-order valence-electron chi connectivity index (χ3n) is 4.22. The molecule has 26 heavy (non-hydrogen) atoms. The van der Waals surface area contributed by atoms with Gasteiger partial charge in [-0.25, -0.2) is 4.79 Å². The van der Waals surface area contributed by atoms with Crippen LogP contribution in [-0.4, -0.2) is 23.4 Å². The maximum atomic E-state index is 13.2. The molecule has 1 heterocycles. The van der Waals surface area contributed by atoms with Gasteiger partial charge in [0.05, 0.1) is 5.57 Å². The average molecular weight is 383 g/mol. The highest BCUT2D eigenvalue weighted by molar-refractivity contribution is 6.31. The van der Waals surface area contributed by atoms with Crippen molar-refractivity contribution in [2.75, 3.05) is 0 Å². The van der Waals surface area contributed by atoms with Gasteiger partial charge in [-0.05, 0) is 42.2 Å². The van der Waals surface area contributed by atoms with E-state index in [0.29, 0.717) is 22.6 Å². The molecule has 1 aliphatic rings. The first kappa shape index (κ1) is 18.3. The third kappa shape index (κ3) is 3.42. The number of rotatable bonds is 3. The van der Waals surface area contributed by atoms with Crippen LogP contribution in [0.25, 0.3) is 6.08 Å². The minimum absolute atomic E-state index is 0.00709. The zero-order valence-corrected chi connectivity index (χ0v) is 14.4. The predicted molar refractivity (Wildman–Crippen MR) is 91.5 cm³/mol. The molecule has 0 fully saturated rings. The van der Waals surface area contributed by atoms with E-state index in [4.69, 9.17) is 21.4 Å². The number of halogens is 4. The number of aliphatic carboxylic acids is 1. The van der Waals surface area contributed by atoms with Crippen molar-refractivity contribution in [1.29, 1.82) is 0 Å². The maximum Gasteiger partial charge on any atom is 0.430 e. The highest BCUT2D eigenvalue weighted by atomic mass is 35.5. The minimum atomic E-state index is -4.84. The Balaban J connectivity index is 2.10. The monoisotopic (exact) mass is 382 g/mol. The van der Waals surface area contributed by atoms with Gasteiger partial charge in [-0.3, -0.25) is 0 Å². The molecule has 3 rings (SSSR count). The summed E-state index contributed by atoms with van der Waals surface area (Å²) in [5.74, 6) is -1.67. The number of ether oxygens (including phenoxy) is 1. The smallest absolute Gasteiger partial charge is 0.430 e. The first-order valence-corrected chi connectivity index (χ1v) is 8.10. The Kier molecular flexibility index (Phi) is 4.71. The van der Waals surface area contributed by atoms with Crippen LogP contribution in [0.4, 0.5) is 13.2 Å². The normalized spacial score (nSPS) is 16.5. The molecular weight excluding hydrogens is 369 g/mol. The van der Waals surface area contributed by atoms with Crippen molar-refractivity contribution in [3.05, 3.63) is 69.2 Å². The fourth-order valence-corrected chi connectivity index (χ4v) is 3.27. The highest BCUT2D eigenvalue weighted by Crippen LogP contribution is 2.42. The summed E-state index contributed by atoms with van der Waals surface area (Å²) >= 11 is 6.32. The second-order valence-corrected chi connectivity index (χ2v) is 6.39. The van der Waals surface area contributed by atoms with Gasteiger partial charge in [0.2, 0.25) is 6.10 Å². The van der Waals surface area contributed by atoms with Crippen LogP contribution in [0.5, 0.6) is 5.75 Å². The van der Waals surface area contributed by atoms with Crippen molar-refractivity contribution in [2.24, 2.45) is 0 Å². The zero-order chi connectivity index (χ0) is 19.1. The number of carbonyl (C=O) groups is 1. The molecule has 0 aromatic heterocycles. The van der Waals surface area contributed by atoms with Gasteiger partial charge >= 0.3 is 12.1 Å². The number of alkyl halides is 3. The van der Waals surface area contributed by atoms with E-state index in [2.05, 4.69) is 0 Å². The first-order valence-electron chi connectivity index (χ1n) is 7.72. The van der Waals surface area contributed by atoms with Crippen molar-refractivity contribution in [3.8, 4) is 5.75 Å². The lowest BCUT2D eigenvalue weighted by molar-refractivity contribution is -0.187. The minimum Gasteiger partial charge on any atom is -0.478 e. The van der Waals surface area contributed by atoms with Crippen molar-refractivity contribution in [3.63, 3.8) is 0 Å². The van der Waals surface area contributed by atoms with Gasteiger partial charge in [0, 0.05) is 10.6 Å². The van der Waals surface area contributed by atoms with Crippen LogP contribution in [-0.2, 0) is 11.2 Å². The summed E-state index contributed by atoms with van der Waals surface area (Å²) in [7, 11) is 0. The van der Waals surface area contributed by atoms with Crippen LogP contribution in [0.3, 0.4) is 0 Å². The molecule has 0 aliphatic carbocycles. The Morgan fingerprint density at radius 3 is 2.50 bits per heavy atom. The van der Waals surface area contributed by atoms with Gasteiger partial charge in [0.1, 0.15) is 5.75 Å². The third-order valence-corrected chi connectivity index (χ3v) is 4.56. The quantitative estimate of drug-likeness (QED) is 0.809. The van der Waals surface area contributed by atoms with Gasteiger partial charge in [0.25, 0.3) is 0 Å². The van der Waals surface area contributed by atoms with Gasteiger partial charge in [-0.1, -0.05) is 41.9 Å². The summed E-state index contributed by atoms with van der Waals surface area (Å²) in [4.78, 5) is 11.2. The van der Waals surface area contributed by atoms with E-state index in [-0.39, 0.29) is 11.3 Å².